The van der Waals surface area contributed by atoms with Gasteiger partial charge in [-0.2, -0.15) is 0 Å². The Bertz CT molecular complexity index is 318. The third-order valence-corrected chi connectivity index (χ3v) is 3.53. The van der Waals surface area contributed by atoms with Crippen LogP contribution in [0.25, 0.3) is 0 Å². The summed E-state index contributed by atoms with van der Waals surface area (Å²) in [5, 5.41) is 0. The van der Waals surface area contributed by atoms with Gasteiger partial charge in [0.15, 0.2) is 0 Å². The Kier molecular flexibility index (Phi) is 3.50. The van der Waals surface area contributed by atoms with E-state index in [-0.39, 0.29) is 5.60 Å². The SMILES string of the molecule is CC(C)=CCC/C(C)=C1\COCCC12CO2. The Labute approximate surface area is 98.3 Å². The minimum atomic E-state index is 0.0906. The Morgan fingerprint density at radius 1 is 1.38 bits per heavy atom. The maximum atomic E-state index is 5.64. The van der Waals surface area contributed by atoms with Crippen molar-refractivity contribution in [1.82, 2.24) is 0 Å². The molecule has 2 heteroatoms. The van der Waals surface area contributed by atoms with Crippen LogP contribution in [0.15, 0.2) is 22.8 Å². The Hall–Kier alpha value is -0.600. The highest BCUT2D eigenvalue weighted by Crippen LogP contribution is 2.43. The highest BCUT2D eigenvalue weighted by Gasteiger charge is 2.50. The lowest BCUT2D eigenvalue weighted by atomic mass is 9.89. The van der Waals surface area contributed by atoms with Gasteiger partial charge in [-0.3, -0.25) is 0 Å². The number of hydrogen-bond donors (Lipinski definition) is 0. The van der Waals surface area contributed by atoms with Crippen LogP contribution in [0.4, 0.5) is 0 Å². The van der Waals surface area contributed by atoms with Gasteiger partial charge in [-0.05, 0) is 39.2 Å². The zero-order valence-corrected chi connectivity index (χ0v) is 10.6. The van der Waals surface area contributed by atoms with Crippen LogP contribution >= 0.6 is 0 Å². The Morgan fingerprint density at radius 3 is 2.75 bits per heavy atom. The average molecular weight is 222 g/mol. The molecule has 0 N–H and O–H groups in total. The van der Waals surface area contributed by atoms with E-state index in [0.717, 1.165) is 39.1 Å². The highest BCUT2D eigenvalue weighted by atomic mass is 16.6. The Balaban J connectivity index is 1.99. The molecule has 1 atom stereocenters. The van der Waals surface area contributed by atoms with Crippen LogP contribution in [0.3, 0.4) is 0 Å². The van der Waals surface area contributed by atoms with Crippen molar-refractivity contribution >= 4 is 0 Å². The molecule has 2 rings (SSSR count). The topological polar surface area (TPSA) is 21.8 Å². The summed E-state index contributed by atoms with van der Waals surface area (Å²) in [6, 6.07) is 0. The molecule has 16 heavy (non-hydrogen) atoms. The fourth-order valence-corrected chi connectivity index (χ4v) is 2.34. The predicted molar refractivity (Wildman–Crippen MR) is 65.5 cm³/mol. The second kappa shape index (κ2) is 4.72. The smallest absolute Gasteiger partial charge is 0.117 e. The molecule has 90 valence electrons. The lowest BCUT2D eigenvalue weighted by Gasteiger charge is -2.24. The summed E-state index contributed by atoms with van der Waals surface area (Å²) in [5.74, 6) is 0. The number of allylic oxidation sites excluding steroid dienone is 3. The van der Waals surface area contributed by atoms with Crippen molar-refractivity contribution in [1.29, 1.82) is 0 Å². The summed E-state index contributed by atoms with van der Waals surface area (Å²) in [7, 11) is 0. The van der Waals surface area contributed by atoms with Crippen LogP contribution < -0.4 is 0 Å². The number of rotatable bonds is 3. The van der Waals surface area contributed by atoms with Crippen molar-refractivity contribution in [3.63, 3.8) is 0 Å². The van der Waals surface area contributed by atoms with Crippen molar-refractivity contribution in [2.75, 3.05) is 19.8 Å². The van der Waals surface area contributed by atoms with Crippen molar-refractivity contribution in [2.45, 2.75) is 45.6 Å². The van der Waals surface area contributed by atoms with Crippen molar-refractivity contribution < 1.29 is 9.47 Å². The molecule has 1 unspecified atom stereocenters. The molecule has 0 amide bonds. The van der Waals surface area contributed by atoms with Gasteiger partial charge in [-0.1, -0.05) is 17.2 Å². The van der Waals surface area contributed by atoms with E-state index in [1.54, 1.807) is 0 Å². The van der Waals surface area contributed by atoms with Gasteiger partial charge in [0.05, 0.1) is 19.8 Å². The minimum absolute atomic E-state index is 0.0906. The number of epoxide rings is 1. The van der Waals surface area contributed by atoms with Crippen LogP contribution in [0.2, 0.25) is 0 Å². The summed E-state index contributed by atoms with van der Waals surface area (Å²) in [4.78, 5) is 0. The first-order chi connectivity index (χ1) is 7.64. The molecule has 0 radical (unpaired) electrons. The van der Waals surface area contributed by atoms with E-state index in [0.29, 0.717) is 0 Å². The molecule has 0 bridgehead atoms. The molecule has 0 aromatic rings. The molecule has 2 fully saturated rings. The van der Waals surface area contributed by atoms with E-state index in [1.807, 2.05) is 0 Å². The van der Waals surface area contributed by atoms with Crippen LogP contribution in [-0.4, -0.2) is 25.4 Å². The van der Waals surface area contributed by atoms with Gasteiger partial charge in [0.1, 0.15) is 5.60 Å². The van der Waals surface area contributed by atoms with Gasteiger partial charge >= 0.3 is 0 Å². The predicted octanol–water partition coefficient (Wildman–Crippen LogP) is 3.24. The second-order valence-electron chi connectivity index (χ2n) is 5.16. The highest BCUT2D eigenvalue weighted by molar-refractivity contribution is 5.30. The van der Waals surface area contributed by atoms with Gasteiger partial charge in [0.25, 0.3) is 0 Å². The fourth-order valence-electron chi connectivity index (χ4n) is 2.34. The third kappa shape index (κ3) is 2.55. The summed E-state index contributed by atoms with van der Waals surface area (Å²) in [6.07, 6.45) is 5.61. The largest absolute Gasteiger partial charge is 0.377 e. The second-order valence-corrected chi connectivity index (χ2v) is 5.16. The van der Waals surface area contributed by atoms with Gasteiger partial charge in [0.2, 0.25) is 0 Å². The molecule has 1 spiro atoms. The summed E-state index contributed by atoms with van der Waals surface area (Å²) in [5.41, 5.74) is 4.37. The van der Waals surface area contributed by atoms with Crippen LogP contribution in [0.1, 0.15) is 40.0 Å². The first-order valence-corrected chi connectivity index (χ1v) is 6.18. The standard InChI is InChI=1S/C14H22O2/c1-11(2)5-4-6-12(3)13-9-15-8-7-14(13)10-16-14/h5H,4,6-10H2,1-3H3/b13-12+. The molecule has 0 aromatic carbocycles. The van der Waals surface area contributed by atoms with Crippen LogP contribution in [0, 0.1) is 0 Å². The van der Waals surface area contributed by atoms with Gasteiger partial charge in [-0.15, -0.1) is 0 Å². The molecule has 0 saturated carbocycles. The molecule has 2 heterocycles. The van der Waals surface area contributed by atoms with Crippen LogP contribution in [-0.2, 0) is 9.47 Å². The monoisotopic (exact) mass is 222 g/mol. The van der Waals surface area contributed by atoms with E-state index in [1.165, 1.54) is 16.7 Å². The third-order valence-electron chi connectivity index (χ3n) is 3.53. The van der Waals surface area contributed by atoms with E-state index >= 15 is 0 Å². The molecular weight excluding hydrogens is 200 g/mol. The van der Waals surface area contributed by atoms with Crippen molar-refractivity contribution in [3.8, 4) is 0 Å². The van der Waals surface area contributed by atoms with E-state index < -0.39 is 0 Å². The molecule has 0 aromatic heterocycles. The zero-order chi connectivity index (χ0) is 11.6. The van der Waals surface area contributed by atoms with Gasteiger partial charge in [-0.25, -0.2) is 0 Å². The molecular formula is C14H22O2. The van der Waals surface area contributed by atoms with Gasteiger partial charge < -0.3 is 9.47 Å². The number of hydrogen-bond acceptors (Lipinski definition) is 2. The quantitative estimate of drug-likeness (QED) is 0.540. The zero-order valence-electron chi connectivity index (χ0n) is 10.6. The number of ether oxygens (including phenoxy) is 2. The summed E-state index contributed by atoms with van der Waals surface area (Å²) >= 11 is 0. The molecule has 2 nitrogen and oxygen atoms in total. The first-order valence-electron chi connectivity index (χ1n) is 6.18. The Morgan fingerprint density at radius 2 is 2.12 bits per heavy atom. The summed E-state index contributed by atoms with van der Waals surface area (Å²) in [6.45, 7) is 9.07. The lowest BCUT2D eigenvalue weighted by molar-refractivity contribution is 0.0906. The lowest BCUT2D eigenvalue weighted by Crippen LogP contribution is -2.28. The molecule has 0 aliphatic carbocycles. The van der Waals surface area contributed by atoms with E-state index in [2.05, 4.69) is 26.8 Å². The summed E-state index contributed by atoms with van der Waals surface area (Å²) < 4.78 is 11.2. The molecule has 2 aliphatic rings. The molecule has 2 aliphatic heterocycles. The average Bonchev–Trinajstić information content (AvgIpc) is 2.98. The van der Waals surface area contributed by atoms with Crippen LogP contribution in [0.5, 0.6) is 0 Å². The maximum Gasteiger partial charge on any atom is 0.117 e. The maximum absolute atomic E-state index is 5.64. The van der Waals surface area contributed by atoms with E-state index in [9.17, 15) is 0 Å². The van der Waals surface area contributed by atoms with Gasteiger partial charge in [0, 0.05) is 6.42 Å². The minimum Gasteiger partial charge on any atom is -0.377 e. The normalized spacial score (nSPS) is 31.4. The molecule has 2 saturated heterocycles. The fraction of sp³-hybridized carbons (Fsp3) is 0.714. The van der Waals surface area contributed by atoms with E-state index in [4.69, 9.17) is 9.47 Å². The van der Waals surface area contributed by atoms with Crippen molar-refractivity contribution in [2.24, 2.45) is 0 Å². The van der Waals surface area contributed by atoms with Crippen molar-refractivity contribution in [3.05, 3.63) is 22.8 Å². The first kappa shape index (κ1) is 11.9.